The fourth-order valence-corrected chi connectivity index (χ4v) is 3.44. The number of aromatic nitrogens is 1. The van der Waals surface area contributed by atoms with Gasteiger partial charge in [-0.05, 0) is 25.3 Å². The molecule has 2 rings (SSSR count). The van der Waals surface area contributed by atoms with Gasteiger partial charge in [0.2, 0.25) is 0 Å². The molecule has 5 nitrogen and oxygen atoms in total. The van der Waals surface area contributed by atoms with Gasteiger partial charge in [-0.15, -0.1) is 11.3 Å². The lowest BCUT2D eigenvalue weighted by Gasteiger charge is -2.28. The number of rotatable bonds is 7. The van der Waals surface area contributed by atoms with Crippen LogP contribution in [0.2, 0.25) is 0 Å². The van der Waals surface area contributed by atoms with Crippen LogP contribution in [-0.4, -0.2) is 36.7 Å². The van der Waals surface area contributed by atoms with Crippen LogP contribution in [0.4, 0.5) is 0 Å². The molecule has 1 saturated carbocycles. The molecule has 1 aliphatic rings. The average Bonchev–Trinajstić information content (AvgIpc) is 2.94. The molecular weight excluding hydrogens is 286 g/mol. The van der Waals surface area contributed by atoms with E-state index in [1.165, 1.54) is 30.6 Å². The average molecular weight is 311 g/mol. The van der Waals surface area contributed by atoms with Crippen molar-refractivity contribution in [2.24, 2.45) is 11.7 Å². The summed E-state index contributed by atoms with van der Waals surface area (Å²) in [6.07, 6.45) is 6.03. The number of hydrogen-bond donors (Lipinski definition) is 2. The number of carbonyl (C=O) groups is 1. The van der Waals surface area contributed by atoms with Crippen molar-refractivity contribution >= 4 is 17.2 Å². The number of hydrogen-bond acceptors (Lipinski definition) is 5. The molecule has 6 heteroatoms. The third-order valence-corrected chi connectivity index (χ3v) is 4.80. The Balaban J connectivity index is 1.66. The van der Waals surface area contributed by atoms with E-state index in [-0.39, 0.29) is 5.91 Å². The monoisotopic (exact) mass is 311 g/mol. The molecule has 1 aliphatic carbocycles. The summed E-state index contributed by atoms with van der Waals surface area (Å²) in [6, 6.07) is 0. The number of nitrogens with zero attached hydrogens (tertiary/aromatic N) is 1. The van der Waals surface area contributed by atoms with Gasteiger partial charge in [0.15, 0.2) is 0 Å². The molecule has 0 aromatic carbocycles. The molecule has 1 aromatic heterocycles. The third-order valence-electron chi connectivity index (χ3n) is 3.89. The Morgan fingerprint density at radius 3 is 3.10 bits per heavy atom. The van der Waals surface area contributed by atoms with Crippen LogP contribution in [0, 0.1) is 5.92 Å². The zero-order valence-corrected chi connectivity index (χ0v) is 13.5. The van der Waals surface area contributed by atoms with Crippen LogP contribution in [0.15, 0.2) is 5.38 Å². The maximum atomic E-state index is 11.9. The second kappa shape index (κ2) is 8.46. The van der Waals surface area contributed by atoms with Crippen LogP contribution in [0.1, 0.15) is 48.1 Å². The number of amides is 1. The lowest BCUT2D eigenvalue weighted by Crippen LogP contribution is -2.32. The van der Waals surface area contributed by atoms with Gasteiger partial charge >= 0.3 is 0 Å². The second-order valence-corrected chi connectivity index (χ2v) is 6.53. The summed E-state index contributed by atoms with van der Waals surface area (Å²) in [6.45, 7) is 3.91. The van der Waals surface area contributed by atoms with E-state index in [0.29, 0.717) is 37.4 Å². The Hall–Kier alpha value is -0.980. The van der Waals surface area contributed by atoms with Crippen molar-refractivity contribution in [2.75, 3.05) is 19.7 Å². The third kappa shape index (κ3) is 5.05. The van der Waals surface area contributed by atoms with E-state index in [9.17, 15) is 4.79 Å². The fourth-order valence-electron chi connectivity index (χ4n) is 2.65. The number of ether oxygens (including phenoxy) is 1. The summed E-state index contributed by atoms with van der Waals surface area (Å²) in [5.74, 6) is 0.502. The molecule has 2 atom stereocenters. The van der Waals surface area contributed by atoms with Crippen LogP contribution >= 0.6 is 11.3 Å². The van der Waals surface area contributed by atoms with Crippen molar-refractivity contribution in [3.05, 3.63) is 16.1 Å². The van der Waals surface area contributed by atoms with Crippen molar-refractivity contribution in [3.63, 3.8) is 0 Å². The molecule has 0 aliphatic heterocycles. The molecule has 0 radical (unpaired) electrons. The largest absolute Gasteiger partial charge is 0.376 e. The minimum Gasteiger partial charge on any atom is -0.376 e. The normalized spacial score (nSPS) is 22.2. The first-order valence-corrected chi connectivity index (χ1v) is 8.63. The zero-order valence-electron chi connectivity index (χ0n) is 12.6. The lowest BCUT2D eigenvalue weighted by molar-refractivity contribution is -0.00295. The second-order valence-electron chi connectivity index (χ2n) is 5.59. The van der Waals surface area contributed by atoms with Gasteiger partial charge in [-0.2, -0.15) is 0 Å². The topological polar surface area (TPSA) is 77.2 Å². The lowest BCUT2D eigenvalue weighted by atomic mass is 9.88. The molecule has 1 heterocycles. The predicted molar refractivity (Wildman–Crippen MR) is 84.6 cm³/mol. The Morgan fingerprint density at radius 2 is 2.33 bits per heavy atom. The fraction of sp³-hybridized carbons (Fsp3) is 0.733. The number of nitrogens with two attached hydrogens (primary N) is 1. The van der Waals surface area contributed by atoms with Crippen molar-refractivity contribution in [1.82, 2.24) is 10.3 Å². The van der Waals surface area contributed by atoms with Crippen LogP contribution < -0.4 is 11.1 Å². The molecular formula is C15H25N3O2S. The molecule has 118 valence electrons. The SMILES string of the molecule is CC1CCCCC1OCCNC(=O)c1csc(CCN)n1. The summed E-state index contributed by atoms with van der Waals surface area (Å²) in [5, 5.41) is 5.55. The van der Waals surface area contributed by atoms with Crippen molar-refractivity contribution in [2.45, 2.75) is 45.1 Å². The summed E-state index contributed by atoms with van der Waals surface area (Å²) < 4.78 is 5.88. The summed E-state index contributed by atoms with van der Waals surface area (Å²) in [7, 11) is 0. The minimum absolute atomic E-state index is 0.130. The van der Waals surface area contributed by atoms with Gasteiger partial charge in [-0.3, -0.25) is 4.79 Å². The van der Waals surface area contributed by atoms with Crippen molar-refractivity contribution in [1.29, 1.82) is 0 Å². The Morgan fingerprint density at radius 1 is 1.52 bits per heavy atom. The van der Waals surface area contributed by atoms with E-state index in [2.05, 4.69) is 17.2 Å². The number of thiazole rings is 1. The standard InChI is InChI=1S/C15H25N3O2S/c1-11-4-2-3-5-13(11)20-9-8-17-15(19)12-10-21-14(18-12)6-7-16/h10-11,13H,2-9,16H2,1H3,(H,17,19). The molecule has 1 amide bonds. The van der Waals surface area contributed by atoms with Crippen molar-refractivity contribution < 1.29 is 9.53 Å². The summed E-state index contributed by atoms with van der Waals surface area (Å²) in [4.78, 5) is 16.2. The van der Waals surface area contributed by atoms with Gasteiger partial charge < -0.3 is 15.8 Å². The Labute approximate surface area is 130 Å². The smallest absolute Gasteiger partial charge is 0.270 e. The molecule has 1 aromatic rings. The molecule has 2 unspecified atom stereocenters. The molecule has 3 N–H and O–H groups in total. The first kappa shape index (κ1) is 16.4. The Bertz CT molecular complexity index is 450. The van der Waals surface area contributed by atoms with Crippen LogP contribution in [0.25, 0.3) is 0 Å². The van der Waals surface area contributed by atoms with Gasteiger partial charge in [0.25, 0.3) is 5.91 Å². The molecule has 21 heavy (non-hydrogen) atoms. The Kier molecular flexibility index (Phi) is 6.60. The van der Waals surface area contributed by atoms with Crippen molar-refractivity contribution in [3.8, 4) is 0 Å². The maximum absolute atomic E-state index is 11.9. The molecule has 0 saturated heterocycles. The van der Waals surface area contributed by atoms with E-state index < -0.39 is 0 Å². The predicted octanol–water partition coefficient (Wildman–Crippen LogP) is 1.97. The van der Waals surface area contributed by atoms with E-state index >= 15 is 0 Å². The van der Waals surface area contributed by atoms with E-state index in [4.69, 9.17) is 10.5 Å². The van der Waals surface area contributed by atoms with Crippen LogP contribution in [-0.2, 0) is 11.2 Å². The number of carbonyl (C=O) groups excluding carboxylic acids is 1. The molecule has 0 spiro atoms. The number of nitrogens with one attached hydrogen (secondary N) is 1. The first-order chi connectivity index (χ1) is 10.2. The minimum atomic E-state index is -0.130. The van der Waals surface area contributed by atoms with E-state index in [1.807, 2.05) is 0 Å². The highest BCUT2D eigenvalue weighted by atomic mass is 32.1. The van der Waals surface area contributed by atoms with Gasteiger partial charge in [0.05, 0.1) is 17.7 Å². The molecule has 1 fully saturated rings. The van der Waals surface area contributed by atoms with Crippen LogP contribution in [0.5, 0.6) is 0 Å². The summed E-state index contributed by atoms with van der Waals surface area (Å²) in [5.41, 5.74) is 5.96. The highest BCUT2D eigenvalue weighted by Gasteiger charge is 2.21. The highest BCUT2D eigenvalue weighted by Crippen LogP contribution is 2.25. The summed E-state index contributed by atoms with van der Waals surface area (Å²) >= 11 is 1.48. The van der Waals surface area contributed by atoms with E-state index in [0.717, 1.165) is 17.8 Å². The van der Waals surface area contributed by atoms with E-state index in [1.54, 1.807) is 5.38 Å². The highest BCUT2D eigenvalue weighted by molar-refractivity contribution is 7.09. The van der Waals surface area contributed by atoms with Gasteiger partial charge in [0.1, 0.15) is 5.69 Å². The maximum Gasteiger partial charge on any atom is 0.270 e. The van der Waals surface area contributed by atoms with Crippen LogP contribution in [0.3, 0.4) is 0 Å². The van der Waals surface area contributed by atoms with Gasteiger partial charge in [-0.25, -0.2) is 4.98 Å². The quantitative estimate of drug-likeness (QED) is 0.755. The first-order valence-electron chi connectivity index (χ1n) is 7.75. The zero-order chi connectivity index (χ0) is 15.1. The van der Waals surface area contributed by atoms with Gasteiger partial charge in [0, 0.05) is 18.3 Å². The van der Waals surface area contributed by atoms with Gasteiger partial charge in [-0.1, -0.05) is 19.8 Å². The molecule has 0 bridgehead atoms.